The summed E-state index contributed by atoms with van der Waals surface area (Å²) in [5.74, 6) is -1.02. The summed E-state index contributed by atoms with van der Waals surface area (Å²) < 4.78 is 10.2. The zero-order valence-electron chi connectivity index (χ0n) is 12.6. The topological polar surface area (TPSA) is 65.5 Å². The Kier molecular flexibility index (Phi) is 3.74. The number of ether oxygens (including phenoxy) is 2. The summed E-state index contributed by atoms with van der Waals surface area (Å²) in [5, 5.41) is 2.66. The molecule has 0 bridgehead atoms. The number of para-hydroxylation sites is 1. The summed E-state index contributed by atoms with van der Waals surface area (Å²) in [7, 11) is 0. The molecule has 1 aromatic carbocycles. The Balaban J connectivity index is 1.78. The van der Waals surface area contributed by atoms with Gasteiger partial charge in [0.2, 0.25) is 6.10 Å². The Morgan fingerprint density at radius 2 is 2.12 bits per heavy atom. The molecule has 0 aliphatic carbocycles. The largest absolute Gasteiger partial charge is 0.463 e. The van der Waals surface area contributed by atoms with E-state index >= 15 is 0 Å². The number of esters is 2. The highest BCUT2D eigenvalue weighted by molar-refractivity contribution is 7.13. The van der Waals surface area contributed by atoms with Crippen LogP contribution in [0, 0.1) is 0 Å². The van der Waals surface area contributed by atoms with Crippen LogP contribution in [0.15, 0.2) is 47.8 Å². The third kappa shape index (κ3) is 2.65. The maximum Gasteiger partial charge on any atom is 0.347 e. The lowest BCUT2D eigenvalue weighted by molar-refractivity contribution is -0.145. The van der Waals surface area contributed by atoms with Crippen LogP contribution in [-0.2, 0) is 14.3 Å². The molecule has 1 atom stereocenters. The summed E-state index contributed by atoms with van der Waals surface area (Å²) in [6, 6.07) is 13.0. The lowest BCUT2D eigenvalue weighted by atomic mass is 10.1. The number of nitrogens with zero attached hydrogens (tertiary/aromatic N) is 1. The number of cyclic esters (lactones) is 1. The molecule has 6 heteroatoms. The second-order valence-electron chi connectivity index (χ2n) is 5.40. The quantitative estimate of drug-likeness (QED) is 0.684. The number of carbonyl (C=O) groups is 2. The maximum absolute atomic E-state index is 12.6. The van der Waals surface area contributed by atoms with Gasteiger partial charge in [-0.15, -0.1) is 11.3 Å². The molecular formula is C18H13NO4S. The number of thiophene rings is 1. The van der Waals surface area contributed by atoms with Crippen LogP contribution in [0.3, 0.4) is 0 Å². The van der Waals surface area contributed by atoms with E-state index in [0.29, 0.717) is 28.6 Å². The van der Waals surface area contributed by atoms with Crippen LogP contribution < -0.4 is 0 Å². The van der Waals surface area contributed by atoms with E-state index in [1.54, 1.807) is 17.4 Å². The van der Waals surface area contributed by atoms with E-state index in [4.69, 9.17) is 9.47 Å². The molecule has 3 heterocycles. The molecule has 1 aliphatic rings. The van der Waals surface area contributed by atoms with E-state index in [2.05, 4.69) is 4.98 Å². The highest BCUT2D eigenvalue weighted by atomic mass is 32.1. The number of hydrogen-bond donors (Lipinski definition) is 0. The molecule has 0 unspecified atom stereocenters. The second-order valence-corrected chi connectivity index (χ2v) is 6.35. The summed E-state index contributed by atoms with van der Waals surface area (Å²) in [6.07, 6.45) is -0.430. The van der Waals surface area contributed by atoms with Gasteiger partial charge in [0.05, 0.1) is 28.3 Å². The summed E-state index contributed by atoms with van der Waals surface area (Å²) >= 11 is 1.55. The lowest BCUT2D eigenvalue weighted by Crippen LogP contribution is -2.22. The number of fused-ring (bicyclic) bond motifs is 1. The standard InChI is InChI=1S/C18H13NO4S/c20-17(23-15-7-8-22-18(15)21)12-10-14(16-6-3-9-24-16)19-13-5-2-1-4-11(12)13/h1-6,9-10,15H,7-8H2/t15-/m0/s1. The number of benzene rings is 1. The van der Waals surface area contributed by atoms with Crippen molar-refractivity contribution in [2.75, 3.05) is 6.61 Å². The molecule has 1 saturated heterocycles. The minimum Gasteiger partial charge on any atom is -0.463 e. The van der Waals surface area contributed by atoms with Crippen molar-refractivity contribution in [1.29, 1.82) is 0 Å². The van der Waals surface area contributed by atoms with Gasteiger partial charge >= 0.3 is 11.9 Å². The summed E-state index contributed by atoms with van der Waals surface area (Å²) in [5.41, 5.74) is 1.83. The normalized spacial score (nSPS) is 17.0. The molecule has 3 aromatic rings. The van der Waals surface area contributed by atoms with Crippen LogP contribution >= 0.6 is 11.3 Å². The zero-order valence-corrected chi connectivity index (χ0v) is 13.4. The average molecular weight is 339 g/mol. The van der Waals surface area contributed by atoms with Crippen molar-refractivity contribution < 1.29 is 19.1 Å². The van der Waals surface area contributed by atoms with Gasteiger partial charge in [-0.1, -0.05) is 24.3 Å². The van der Waals surface area contributed by atoms with Gasteiger partial charge in [0.25, 0.3) is 0 Å². The van der Waals surface area contributed by atoms with Crippen LogP contribution in [0.4, 0.5) is 0 Å². The highest BCUT2D eigenvalue weighted by Gasteiger charge is 2.31. The molecule has 120 valence electrons. The van der Waals surface area contributed by atoms with E-state index < -0.39 is 18.0 Å². The van der Waals surface area contributed by atoms with E-state index in [-0.39, 0.29) is 6.61 Å². The molecule has 0 spiro atoms. The Morgan fingerprint density at radius 3 is 2.88 bits per heavy atom. The van der Waals surface area contributed by atoms with Gasteiger partial charge in [-0.05, 0) is 23.6 Å². The maximum atomic E-state index is 12.6. The summed E-state index contributed by atoms with van der Waals surface area (Å²) in [4.78, 5) is 29.8. The first kappa shape index (κ1) is 14.8. The Morgan fingerprint density at radius 1 is 1.25 bits per heavy atom. The van der Waals surface area contributed by atoms with E-state index in [9.17, 15) is 9.59 Å². The minimum absolute atomic E-state index is 0.286. The van der Waals surface area contributed by atoms with Crippen LogP contribution in [-0.4, -0.2) is 29.6 Å². The van der Waals surface area contributed by atoms with Crippen molar-refractivity contribution in [3.8, 4) is 10.6 Å². The lowest BCUT2D eigenvalue weighted by Gasteiger charge is -2.11. The van der Waals surface area contributed by atoms with Gasteiger partial charge in [0, 0.05) is 11.8 Å². The van der Waals surface area contributed by atoms with Crippen molar-refractivity contribution in [2.24, 2.45) is 0 Å². The highest BCUT2D eigenvalue weighted by Crippen LogP contribution is 2.28. The SMILES string of the molecule is O=C(O[C@H]1CCOC1=O)c1cc(-c2cccs2)nc2ccccc12. The molecule has 1 fully saturated rings. The molecular weight excluding hydrogens is 326 g/mol. The fourth-order valence-electron chi connectivity index (χ4n) is 2.67. The predicted molar refractivity (Wildman–Crippen MR) is 89.8 cm³/mol. The van der Waals surface area contributed by atoms with Crippen molar-refractivity contribution >= 4 is 34.2 Å². The van der Waals surface area contributed by atoms with Crippen molar-refractivity contribution in [3.63, 3.8) is 0 Å². The molecule has 4 rings (SSSR count). The van der Waals surface area contributed by atoms with Gasteiger partial charge in [-0.3, -0.25) is 0 Å². The zero-order chi connectivity index (χ0) is 16.5. The monoisotopic (exact) mass is 339 g/mol. The molecule has 24 heavy (non-hydrogen) atoms. The number of hydrogen-bond acceptors (Lipinski definition) is 6. The van der Waals surface area contributed by atoms with E-state index in [1.165, 1.54) is 0 Å². The fourth-order valence-corrected chi connectivity index (χ4v) is 3.36. The first-order chi connectivity index (χ1) is 11.7. The molecule has 0 N–H and O–H groups in total. The minimum atomic E-state index is -0.824. The Bertz CT molecular complexity index is 920. The first-order valence-corrected chi connectivity index (χ1v) is 8.41. The van der Waals surface area contributed by atoms with Crippen LogP contribution in [0.5, 0.6) is 0 Å². The molecule has 0 saturated carbocycles. The Labute approximate surface area is 141 Å². The third-order valence-corrected chi connectivity index (χ3v) is 4.74. The molecule has 2 aromatic heterocycles. The Hall–Kier alpha value is -2.73. The smallest absolute Gasteiger partial charge is 0.347 e. The van der Waals surface area contributed by atoms with E-state index in [0.717, 1.165) is 4.88 Å². The molecule has 0 amide bonds. The average Bonchev–Trinajstić information content (AvgIpc) is 3.26. The molecule has 5 nitrogen and oxygen atoms in total. The number of carbonyl (C=O) groups excluding carboxylic acids is 2. The number of pyridine rings is 1. The van der Waals surface area contributed by atoms with Crippen molar-refractivity contribution in [1.82, 2.24) is 4.98 Å². The second kappa shape index (κ2) is 6.05. The van der Waals surface area contributed by atoms with Gasteiger partial charge in [-0.2, -0.15) is 0 Å². The van der Waals surface area contributed by atoms with Crippen LogP contribution in [0.2, 0.25) is 0 Å². The van der Waals surface area contributed by atoms with Gasteiger partial charge < -0.3 is 9.47 Å². The summed E-state index contributed by atoms with van der Waals surface area (Å²) in [6.45, 7) is 0.286. The van der Waals surface area contributed by atoms with Gasteiger partial charge in [0.15, 0.2) is 0 Å². The third-order valence-electron chi connectivity index (χ3n) is 3.85. The number of rotatable bonds is 3. The van der Waals surface area contributed by atoms with Crippen molar-refractivity contribution in [2.45, 2.75) is 12.5 Å². The van der Waals surface area contributed by atoms with E-state index in [1.807, 2.05) is 41.8 Å². The molecule has 0 radical (unpaired) electrons. The number of aromatic nitrogens is 1. The first-order valence-electron chi connectivity index (χ1n) is 7.53. The molecule has 1 aliphatic heterocycles. The fraction of sp³-hybridized carbons (Fsp3) is 0.167. The van der Waals surface area contributed by atoms with Gasteiger partial charge in [0.1, 0.15) is 0 Å². The van der Waals surface area contributed by atoms with Crippen LogP contribution in [0.25, 0.3) is 21.5 Å². The predicted octanol–water partition coefficient (Wildman–Crippen LogP) is 3.44. The van der Waals surface area contributed by atoms with Gasteiger partial charge in [-0.25, -0.2) is 14.6 Å². The van der Waals surface area contributed by atoms with Crippen LogP contribution in [0.1, 0.15) is 16.8 Å². The van der Waals surface area contributed by atoms with Crippen molar-refractivity contribution in [3.05, 3.63) is 53.4 Å².